The third-order valence-electron chi connectivity index (χ3n) is 4.00. The molecule has 1 aliphatic carbocycles. The van der Waals surface area contributed by atoms with E-state index in [2.05, 4.69) is 69.3 Å². The van der Waals surface area contributed by atoms with Crippen LogP contribution in [0, 0.1) is 5.92 Å². The summed E-state index contributed by atoms with van der Waals surface area (Å²) in [6.45, 7) is 7.00. The van der Waals surface area contributed by atoms with Crippen LogP contribution in [0.25, 0.3) is 0 Å². The Morgan fingerprint density at radius 2 is 1.32 bits per heavy atom. The van der Waals surface area contributed by atoms with Crippen LogP contribution in [0.2, 0.25) is 0 Å². The van der Waals surface area contributed by atoms with E-state index in [0.717, 1.165) is 12.8 Å². The summed E-state index contributed by atoms with van der Waals surface area (Å²) in [6.07, 6.45) is 2.21. The second-order valence-corrected chi connectivity index (χ2v) is 6.69. The van der Waals surface area contributed by atoms with E-state index in [4.69, 9.17) is 4.74 Å². The molecule has 0 amide bonds. The minimum atomic E-state index is -0.122. The predicted molar refractivity (Wildman–Crippen MR) is 87.4 cm³/mol. The summed E-state index contributed by atoms with van der Waals surface area (Å²) in [4.78, 5) is 0. The normalized spacial score (nSPS) is 13.7. The van der Waals surface area contributed by atoms with Crippen molar-refractivity contribution in [3.8, 4) is 0 Å². The molecule has 2 heteroatoms. The van der Waals surface area contributed by atoms with Gasteiger partial charge in [-0.2, -0.15) is 0 Å². The molecule has 0 N–H and O–H groups in total. The van der Waals surface area contributed by atoms with Crippen LogP contribution < -0.4 is 51.4 Å². The van der Waals surface area contributed by atoms with Crippen molar-refractivity contribution in [3.05, 3.63) is 76.7 Å². The topological polar surface area (TPSA) is 9.23 Å². The summed E-state index contributed by atoms with van der Waals surface area (Å²) in [7, 11) is 0. The molecule has 0 saturated carbocycles. The van der Waals surface area contributed by atoms with Crippen molar-refractivity contribution in [3.63, 3.8) is 0 Å². The molecule has 0 aromatic heterocycles. The smallest absolute Gasteiger partial charge is 0.379 e. The molecular formula is C20H23KO. The molecule has 0 bridgehead atoms. The molecule has 1 aliphatic rings. The molecule has 2 aromatic carbocycles. The monoisotopic (exact) mass is 318 g/mol. The molecule has 0 atom stereocenters. The van der Waals surface area contributed by atoms with E-state index in [1.807, 2.05) is 0 Å². The molecule has 110 valence electrons. The molecule has 2 aromatic rings. The van der Waals surface area contributed by atoms with Gasteiger partial charge in [-0.25, -0.2) is 0 Å². The van der Waals surface area contributed by atoms with Crippen LogP contribution >= 0.6 is 0 Å². The van der Waals surface area contributed by atoms with E-state index in [9.17, 15) is 0 Å². The Balaban J connectivity index is 0.00000176. The third kappa shape index (κ3) is 4.25. The maximum absolute atomic E-state index is 6.10. The van der Waals surface area contributed by atoms with E-state index >= 15 is 0 Å². The SMILES string of the molecule is CC(C)(C)OC[C-]1c2ccccc2CCc2ccccc21.[K+]. The van der Waals surface area contributed by atoms with E-state index in [1.54, 1.807) is 0 Å². The molecule has 3 rings (SSSR count). The summed E-state index contributed by atoms with van der Waals surface area (Å²) in [6, 6.07) is 17.5. The maximum Gasteiger partial charge on any atom is 1.00 e. The van der Waals surface area contributed by atoms with Gasteiger partial charge in [0, 0.05) is 6.61 Å². The number of ether oxygens (including phenoxy) is 1. The van der Waals surface area contributed by atoms with Crippen molar-refractivity contribution < 1.29 is 56.1 Å². The van der Waals surface area contributed by atoms with E-state index in [1.165, 1.54) is 28.2 Å². The number of rotatable bonds is 2. The average Bonchev–Trinajstić information content (AvgIpc) is 2.61. The van der Waals surface area contributed by atoms with Gasteiger partial charge in [-0.1, -0.05) is 55.2 Å². The Morgan fingerprint density at radius 1 is 0.864 bits per heavy atom. The molecule has 1 nitrogen and oxygen atoms in total. The molecule has 0 heterocycles. The summed E-state index contributed by atoms with van der Waals surface area (Å²) >= 11 is 0. The second-order valence-electron chi connectivity index (χ2n) is 6.69. The first-order valence-electron chi connectivity index (χ1n) is 7.71. The Bertz CT molecular complexity index is 580. The quantitative estimate of drug-likeness (QED) is 0.603. The fourth-order valence-electron chi connectivity index (χ4n) is 2.92. The van der Waals surface area contributed by atoms with Crippen molar-refractivity contribution >= 4 is 0 Å². The minimum Gasteiger partial charge on any atom is -0.379 e. The van der Waals surface area contributed by atoms with Crippen molar-refractivity contribution in [2.45, 2.75) is 39.2 Å². The first kappa shape index (κ1) is 18.2. The van der Waals surface area contributed by atoms with Gasteiger partial charge in [0.05, 0.1) is 5.60 Å². The zero-order valence-corrected chi connectivity index (χ0v) is 17.3. The molecule has 0 saturated heterocycles. The molecule has 22 heavy (non-hydrogen) atoms. The molecule has 0 fully saturated rings. The van der Waals surface area contributed by atoms with Crippen LogP contribution in [-0.2, 0) is 17.6 Å². The number of hydrogen-bond donors (Lipinski definition) is 0. The molecule has 0 spiro atoms. The second kappa shape index (κ2) is 7.65. The largest absolute Gasteiger partial charge is 1.00 e. The van der Waals surface area contributed by atoms with Gasteiger partial charge >= 0.3 is 51.4 Å². The van der Waals surface area contributed by atoms with Crippen molar-refractivity contribution in [1.82, 2.24) is 0 Å². The van der Waals surface area contributed by atoms with Crippen molar-refractivity contribution in [1.29, 1.82) is 0 Å². The van der Waals surface area contributed by atoms with Gasteiger partial charge in [0.2, 0.25) is 0 Å². The number of fused-ring (bicyclic) bond motifs is 2. The van der Waals surface area contributed by atoms with Crippen molar-refractivity contribution in [2.75, 3.05) is 6.61 Å². The fourth-order valence-corrected chi connectivity index (χ4v) is 2.92. The molecule has 0 aliphatic heterocycles. The van der Waals surface area contributed by atoms with E-state index in [0.29, 0.717) is 6.61 Å². The van der Waals surface area contributed by atoms with Crippen LogP contribution in [0.1, 0.15) is 43.0 Å². The van der Waals surface area contributed by atoms with Crippen LogP contribution in [0.4, 0.5) is 0 Å². The van der Waals surface area contributed by atoms with Crippen LogP contribution in [0.5, 0.6) is 0 Å². The van der Waals surface area contributed by atoms with E-state index < -0.39 is 0 Å². The molecule has 0 unspecified atom stereocenters. The Labute approximate surface area is 176 Å². The van der Waals surface area contributed by atoms with Gasteiger partial charge in [-0.15, -0.1) is 34.4 Å². The summed E-state index contributed by atoms with van der Waals surface area (Å²) in [5, 5.41) is 0. The average molecular weight is 319 g/mol. The van der Waals surface area contributed by atoms with Gasteiger partial charge < -0.3 is 4.74 Å². The predicted octanol–water partition coefficient (Wildman–Crippen LogP) is 1.58. The van der Waals surface area contributed by atoms with Crippen LogP contribution in [0.3, 0.4) is 0 Å². The van der Waals surface area contributed by atoms with E-state index in [-0.39, 0.29) is 57.0 Å². The summed E-state index contributed by atoms with van der Waals surface area (Å²) < 4.78 is 6.10. The van der Waals surface area contributed by atoms with Gasteiger partial charge in [0.1, 0.15) is 0 Å². The third-order valence-corrected chi connectivity index (χ3v) is 4.00. The number of hydrogen-bond acceptors (Lipinski definition) is 1. The Morgan fingerprint density at radius 3 is 1.77 bits per heavy atom. The van der Waals surface area contributed by atoms with Crippen LogP contribution in [-0.4, -0.2) is 12.2 Å². The Kier molecular flexibility index (Phi) is 6.35. The van der Waals surface area contributed by atoms with Gasteiger partial charge in [0.15, 0.2) is 0 Å². The van der Waals surface area contributed by atoms with Gasteiger partial charge in [-0.05, 0) is 20.8 Å². The van der Waals surface area contributed by atoms with Crippen LogP contribution in [0.15, 0.2) is 48.5 Å². The molecular weight excluding hydrogens is 295 g/mol. The summed E-state index contributed by atoms with van der Waals surface area (Å²) in [5.74, 6) is 1.33. The zero-order valence-electron chi connectivity index (χ0n) is 14.1. The minimum absolute atomic E-state index is 0. The number of aryl methyl sites for hydroxylation is 2. The van der Waals surface area contributed by atoms with Gasteiger partial charge in [0.25, 0.3) is 0 Å². The summed E-state index contributed by atoms with van der Waals surface area (Å²) in [5.41, 5.74) is 5.45. The maximum atomic E-state index is 6.10. The zero-order chi connectivity index (χ0) is 14.9. The van der Waals surface area contributed by atoms with Crippen molar-refractivity contribution in [2.24, 2.45) is 0 Å². The number of benzene rings is 2. The Hall–Kier alpha value is -0.0936. The fraction of sp³-hybridized carbons (Fsp3) is 0.350. The first-order chi connectivity index (χ1) is 10.0. The molecule has 0 radical (unpaired) electrons. The standard InChI is InChI=1S/C20H23O.K/c1-20(2,3)21-14-19-17-10-6-4-8-15(17)12-13-16-9-5-7-11-18(16)19;/h4-11H,12-14H2,1-3H3;/q-1;+1. The first-order valence-corrected chi connectivity index (χ1v) is 7.71. The van der Waals surface area contributed by atoms with Gasteiger partial charge in [-0.3, -0.25) is 0 Å².